The summed E-state index contributed by atoms with van der Waals surface area (Å²) in [5.41, 5.74) is 11.3. The molecular weight excluding hydrogens is 699 g/mol. The molecule has 0 saturated carbocycles. The molecule has 0 unspecified atom stereocenters. The van der Waals surface area contributed by atoms with E-state index in [4.69, 9.17) is 0 Å². The van der Waals surface area contributed by atoms with Crippen LogP contribution in [0.5, 0.6) is 5.75 Å². The number of carbonyl (C=O) groups excluding carboxylic acids is 3. The normalized spacial score (nSPS) is 25.4. The molecule has 3 atom stereocenters. The van der Waals surface area contributed by atoms with Crippen molar-refractivity contribution in [2.24, 2.45) is 5.92 Å². The van der Waals surface area contributed by atoms with Crippen molar-refractivity contribution < 1.29 is 19.5 Å². The van der Waals surface area contributed by atoms with Crippen LogP contribution in [0.1, 0.15) is 88.2 Å². The third kappa shape index (κ3) is 6.15. The summed E-state index contributed by atoms with van der Waals surface area (Å²) in [7, 11) is 0. The molecule has 56 heavy (non-hydrogen) atoms. The Labute approximate surface area is 329 Å². The van der Waals surface area contributed by atoms with Gasteiger partial charge in [-0.15, -0.1) is 0 Å². The molecule has 0 aromatic heterocycles. The number of nitrogens with one attached hydrogen (secondary N) is 1. The number of rotatable bonds is 6. The zero-order valence-electron chi connectivity index (χ0n) is 32.1. The Balaban J connectivity index is 0.747. The smallest absolute Gasteiger partial charge is 0.255 e. The van der Waals surface area contributed by atoms with Gasteiger partial charge in [-0.05, 0) is 127 Å². The van der Waals surface area contributed by atoms with Gasteiger partial charge in [0, 0.05) is 87.0 Å². The van der Waals surface area contributed by atoms with Crippen LogP contribution >= 0.6 is 0 Å². The maximum atomic E-state index is 13.2. The maximum Gasteiger partial charge on any atom is 0.255 e. The first-order valence-electron chi connectivity index (χ1n) is 20.8. The van der Waals surface area contributed by atoms with Crippen LogP contribution in [0.3, 0.4) is 0 Å². The van der Waals surface area contributed by atoms with Crippen LogP contribution in [-0.4, -0.2) is 84.5 Å². The quantitative estimate of drug-likeness (QED) is 0.229. The lowest BCUT2D eigenvalue weighted by molar-refractivity contribution is -0.136. The number of benzene rings is 4. The first-order valence-corrected chi connectivity index (χ1v) is 20.8. The summed E-state index contributed by atoms with van der Waals surface area (Å²) in [6.45, 7) is 7.66. The molecule has 4 aliphatic heterocycles. The number of imide groups is 1. The highest BCUT2D eigenvalue weighted by Crippen LogP contribution is 2.57. The number of piperidine rings is 2. The van der Waals surface area contributed by atoms with E-state index >= 15 is 0 Å². The van der Waals surface area contributed by atoms with Gasteiger partial charge in [0.15, 0.2) is 0 Å². The van der Waals surface area contributed by atoms with E-state index in [0.29, 0.717) is 30.2 Å². The van der Waals surface area contributed by atoms with E-state index in [0.717, 1.165) is 76.3 Å². The summed E-state index contributed by atoms with van der Waals surface area (Å²) in [4.78, 5) is 46.6. The van der Waals surface area contributed by atoms with Gasteiger partial charge in [-0.1, -0.05) is 42.5 Å². The van der Waals surface area contributed by atoms with Gasteiger partial charge < -0.3 is 19.8 Å². The number of piperazine rings is 1. The summed E-state index contributed by atoms with van der Waals surface area (Å²) in [5, 5.41) is 12.7. The minimum atomic E-state index is -0.585. The van der Waals surface area contributed by atoms with E-state index in [9.17, 15) is 19.5 Å². The van der Waals surface area contributed by atoms with Gasteiger partial charge in [-0.3, -0.25) is 24.6 Å². The summed E-state index contributed by atoms with van der Waals surface area (Å²) >= 11 is 0. The molecule has 6 aliphatic rings. The Bertz CT molecular complexity index is 2190. The van der Waals surface area contributed by atoms with Gasteiger partial charge in [0.2, 0.25) is 11.8 Å². The Morgan fingerprint density at radius 2 is 1.43 bits per heavy atom. The summed E-state index contributed by atoms with van der Waals surface area (Å²) in [6, 6.07) is 30.2. The molecule has 0 radical (unpaired) electrons. The number of amides is 3. The molecule has 1 spiro atoms. The number of aryl methyl sites for hydroxylation is 2. The Morgan fingerprint density at radius 1 is 0.696 bits per heavy atom. The second kappa shape index (κ2) is 14.1. The monoisotopic (exact) mass is 749 g/mol. The molecule has 4 heterocycles. The fourth-order valence-electron chi connectivity index (χ4n) is 11.2. The molecule has 288 valence electrons. The van der Waals surface area contributed by atoms with Gasteiger partial charge in [0.05, 0.1) is 0 Å². The van der Waals surface area contributed by atoms with Crippen LogP contribution < -0.4 is 15.1 Å². The first kappa shape index (κ1) is 35.3. The van der Waals surface area contributed by atoms with Crippen LogP contribution in [0.25, 0.3) is 0 Å². The van der Waals surface area contributed by atoms with E-state index < -0.39 is 6.04 Å². The van der Waals surface area contributed by atoms with Gasteiger partial charge in [-0.25, -0.2) is 0 Å². The lowest BCUT2D eigenvalue weighted by atomic mass is 9.59. The van der Waals surface area contributed by atoms with Crippen molar-refractivity contribution in [3.8, 4) is 5.75 Å². The fourth-order valence-corrected chi connectivity index (χ4v) is 11.2. The highest BCUT2D eigenvalue weighted by Gasteiger charge is 2.49. The van der Waals surface area contributed by atoms with Crippen LogP contribution in [0.4, 0.5) is 11.4 Å². The summed E-state index contributed by atoms with van der Waals surface area (Å²) in [6.07, 6.45) is 7.46. The number of hydrogen-bond donors (Lipinski definition) is 2. The predicted molar refractivity (Wildman–Crippen MR) is 217 cm³/mol. The van der Waals surface area contributed by atoms with Crippen LogP contribution in [-0.2, 0) is 34.4 Å². The lowest BCUT2D eigenvalue weighted by Gasteiger charge is -2.44. The zero-order chi connectivity index (χ0) is 38.0. The molecule has 3 amide bonds. The lowest BCUT2D eigenvalue weighted by Crippen LogP contribution is -2.52. The van der Waals surface area contributed by atoms with Crippen LogP contribution in [0.2, 0.25) is 0 Å². The number of phenols is 1. The van der Waals surface area contributed by atoms with Crippen molar-refractivity contribution in [1.29, 1.82) is 0 Å². The van der Waals surface area contributed by atoms with Crippen molar-refractivity contribution in [3.63, 3.8) is 0 Å². The summed E-state index contributed by atoms with van der Waals surface area (Å²) in [5.74, 6) is 0.580. The average Bonchev–Trinajstić information content (AvgIpc) is 3.75. The fraction of sp³-hybridized carbons (Fsp3) is 0.426. The Morgan fingerprint density at radius 3 is 2.21 bits per heavy atom. The topological polar surface area (TPSA) is 96.4 Å². The number of carbonyl (C=O) groups is 3. The number of hydrogen-bond acceptors (Lipinski definition) is 7. The molecule has 0 bridgehead atoms. The molecule has 3 fully saturated rings. The molecular formula is C47H51N5O4. The largest absolute Gasteiger partial charge is 0.508 e. The molecule has 9 heteroatoms. The third-order valence-electron chi connectivity index (χ3n) is 14.2. The van der Waals surface area contributed by atoms with Crippen molar-refractivity contribution in [2.45, 2.75) is 75.3 Å². The SMILES string of the molecule is O=C1CC[C@H](N2Cc3cc(N4CCN(CC5CCN(c6ccc([C@H]7c8ccc(O)cc8CC[C@]78CCc7ccccc78)cc6)CC5)CC4)ccc3C2=O)C(=O)N1. The number of aromatic hydroxyl groups is 1. The maximum absolute atomic E-state index is 13.2. The predicted octanol–water partition coefficient (Wildman–Crippen LogP) is 6.15. The van der Waals surface area contributed by atoms with Crippen molar-refractivity contribution in [2.75, 3.05) is 55.6 Å². The van der Waals surface area contributed by atoms with E-state index in [1.807, 2.05) is 24.3 Å². The van der Waals surface area contributed by atoms with Gasteiger partial charge in [-0.2, -0.15) is 0 Å². The average molecular weight is 750 g/mol. The highest BCUT2D eigenvalue weighted by atomic mass is 16.3. The van der Waals surface area contributed by atoms with E-state index in [1.54, 1.807) is 4.90 Å². The molecule has 2 N–H and O–H groups in total. The van der Waals surface area contributed by atoms with E-state index in [1.165, 1.54) is 52.8 Å². The molecule has 4 aromatic carbocycles. The first-order chi connectivity index (χ1) is 27.3. The Kier molecular flexibility index (Phi) is 8.88. The third-order valence-corrected chi connectivity index (χ3v) is 14.2. The molecule has 9 nitrogen and oxygen atoms in total. The van der Waals surface area contributed by atoms with E-state index in [2.05, 4.69) is 80.7 Å². The Hall–Kier alpha value is -5.15. The molecule has 4 aromatic rings. The molecule has 10 rings (SSSR count). The standard InChI is InChI=1S/C47H51N5O4/c53-38-10-12-39-34(28-38)16-20-47(19-15-32-3-1-2-4-41(32)47)44(39)33-5-7-36(8-6-33)50-21-17-31(18-22-50)29-49-23-25-51(26-24-49)37-9-11-40-35(27-37)30-52(46(40)56)42-13-14-43(54)48-45(42)55/h1-12,27-28,31,42,44,53H,13-26,29-30H2,(H,48,54,55)/t42-,44-,47-/m0/s1. The minimum absolute atomic E-state index is 0.0921. The molecule has 2 aliphatic carbocycles. The van der Waals surface area contributed by atoms with Gasteiger partial charge in [0.25, 0.3) is 5.91 Å². The van der Waals surface area contributed by atoms with Crippen molar-refractivity contribution in [3.05, 3.63) is 124 Å². The van der Waals surface area contributed by atoms with E-state index in [-0.39, 0.29) is 35.5 Å². The van der Waals surface area contributed by atoms with Crippen LogP contribution in [0.15, 0.2) is 84.9 Å². The van der Waals surface area contributed by atoms with Crippen LogP contribution in [0, 0.1) is 5.92 Å². The number of phenolic OH excluding ortho intramolecular Hbond substituents is 1. The van der Waals surface area contributed by atoms with Crippen molar-refractivity contribution in [1.82, 2.24) is 15.1 Å². The minimum Gasteiger partial charge on any atom is -0.508 e. The highest BCUT2D eigenvalue weighted by molar-refractivity contribution is 6.05. The number of nitrogens with zero attached hydrogens (tertiary/aromatic N) is 4. The van der Waals surface area contributed by atoms with Gasteiger partial charge >= 0.3 is 0 Å². The summed E-state index contributed by atoms with van der Waals surface area (Å²) < 4.78 is 0. The van der Waals surface area contributed by atoms with Crippen molar-refractivity contribution >= 4 is 29.1 Å². The van der Waals surface area contributed by atoms with Gasteiger partial charge in [0.1, 0.15) is 11.8 Å². The number of fused-ring (bicyclic) bond motifs is 4. The second-order valence-corrected chi connectivity index (χ2v) is 17.2. The zero-order valence-corrected chi connectivity index (χ0v) is 32.1. The number of anilines is 2. The second-order valence-electron chi connectivity index (χ2n) is 17.2. The molecule has 3 saturated heterocycles.